The van der Waals surface area contributed by atoms with E-state index in [1.807, 2.05) is 0 Å². The van der Waals surface area contributed by atoms with E-state index in [1.54, 1.807) is 6.20 Å². The number of aliphatic carboxylic acids is 1. The first-order valence-corrected chi connectivity index (χ1v) is 5.44. The van der Waals surface area contributed by atoms with Crippen molar-refractivity contribution in [1.29, 1.82) is 0 Å². The number of piperidine rings is 1. The first kappa shape index (κ1) is 9.56. The van der Waals surface area contributed by atoms with E-state index in [9.17, 15) is 4.79 Å². The highest BCUT2D eigenvalue weighted by molar-refractivity contribution is 5.79. The van der Waals surface area contributed by atoms with E-state index in [4.69, 9.17) is 5.11 Å². The largest absolute Gasteiger partial charge is 0.478 e. The lowest BCUT2D eigenvalue weighted by Gasteiger charge is -2.36. The summed E-state index contributed by atoms with van der Waals surface area (Å²) in [7, 11) is 0. The van der Waals surface area contributed by atoms with Gasteiger partial charge in [-0.15, -0.1) is 0 Å². The highest BCUT2D eigenvalue weighted by Crippen LogP contribution is 2.36. The van der Waals surface area contributed by atoms with Crippen molar-refractivity contribution >= 4 is 5.97 Å². The van der Waals surface area contributed by atoms with Crippen LogP contribution in [0.15, 0.2) is 12.3 Å². The second kappa shape index (κ2) is 4.03. The Hall–Kier alpha value is -0.990. The van der Waals surface area contributed by atoms with Crippen molar-refractivity contribution in [2.75, 3.05) is 6.54 Å². The normalized spacial score (nSPS) is 32.1. The molecule has 2 atom stereocenters. The van der Waals surface area contributed by atoms with Crippen LogP contribution in [0, 0.1) is 5.92 Å². The van der Waals surface area contributed by atoms with Gasteiger partial charge in [-0.25, -0.2) is 4.79 Å². The molecule has 2 fully saturated rings. The van der Waals surface area contributed by atoms with Crippen molar-refractivity contribution in [1.82, 2.24) is 4.90 Å². The van der Waals surface area contributed by atoms with Gasteiger partial charge in [-0.3, -0.25) is 0 Å². The Labute approximate surface area is 84.4 Å². The molecule has 1 saturated heterocycles. The maximum absolute atomic E-state index is 10.4. The average molecular weight is 195 g/mol. The van der Waals surface area contributed by atoms with Crippen molar-refractivity contribution in [2.45, 2.75) is 38.1 Å². The maximum Gasteiger partial charge on any atom is 0.329 e. The summed E-state index contributed by atoms with van der Waals surface area (Å²) in [6, 6.07) is 0.624. The maximum atomic E-state index is 10.4. The van der Waals surface area contributed by atoms with Gasteiger partial charge in [0.1, 0.15) is 0 Å². The molecule has 0 radical (unpaired) electrons. The van der Waals surface area contributed by atoms with Crippen molar-refractivity contribution < 1.29 is 9.90 Å². The van der Waals surface area contributed by atoms with Crippen LogP contribution in [0.5, 0.6) is 0 Å². The van der Waals surface area contributed by atoms with Gasteiger partial charge in [-0.1, -0.05) is 6.42 Å². The lowest BCUT2D eigenvalue weighted by atomic mass is 9.92. The molecule has 1 saturated carbocycles. The lowest BCUT2D eigenvalue weighted by molar-refractivity contribution is -0.131. The molecule has 14 heavy (non-hydrogen) atoms. The van der Waals surface area contributed by atoms with E-state index in [0.29, 0.717) is 6.04 Å². The molecule has 0 aromatic heterocycles. The Kier molecular flexibility index (Phi) is 2.75. The van der Waals surface area contributed by atoms with Crippen molar-refractivity contribution in [3.8, 4) is 0 Å². The Morgan fingerprint density at radius 1 is 1.29 bits per heavy atom. The Bertz CT molecular complexity index is 250. The van der Waals surface area contributed by atoms with Gasteiger partial charge in [0, 0.05) is 24.9 Å². The fraction of sp³-hybridized carbons (Fsp3) is 0.727. The molecule has 1 N–H and O–H groups in total. The zero-order valence-corrected chi connectivity index (χ0v) is 8.35. The monoisotopic (exact) mass is 195 g/mol. The van der Waals surface area contributed by atoms with E-state index in [-0.39, 0.29) is 0 Å². The molecule has 1 heterocycles. The van der Waals surface area contributed by atoms with Crippen LogP contribution >= 0.6 is 0 Å². The third-order valence-corrected chi connectivity index (χ3v) is 3.44. The van der Waals surface area contributed by atoms with Crippen LogP contribution in [0.25, 0.3) is 0 Å². The molecular formula is C11H17NO2. The minimum Gasteiger partial charge on any atom is -0.478 e. The average Bonchev–Trinajstić information content (AvgIpc) is 2.62. The fourth-order valence-electron chi connectivity index (χ4n) is 2.84. The molecule has 2 unspecified atom stereocenters. The SMILES string of the molecule is O=C(O)C=CN1CCCC2CCCC21. The first-order chi connectivity index (χ1) is 6.77. The van der Waals surface area contributed by atoms with Crippen LogP contribution in [0.1, 0.15) is 32.1 Å². The molecule has 0 amide bonds. The number of hydrogen-bond acceptors (Lipinski definition) is 2. The molecule has 3 heteroatoms. The number of carboxylic acid groups (broad SMARTS) is 1. The molecule has 0 aromatic rings. The van der Waals surface area contributed by atoms with Crippen LogP contribution in [0.3, 0.4) is 0 Å². The molecule has 0 aromatic carbocycles. The number of hydrogen-bond donors (Lipinski definition) is 1. The molecule has 1 aliphatic heterocycles. The molecule has 2 aliphatic rings. The lowest BCUT2D eigenvalue weighted by Crippen LogP contribution is -2.38. The first-order valence-electron chi connectivity index (χ1n) is 5.44. The predicted octanol–water partition coefficient (Wildman–Crippen LogP) is 1.85. The Balaban J connectivity index is 1.99. The predicted molar refractivity (Wildman–Crippen MR) is 53.8 cm³/mol. The summed E-state index contributed by atoms with van der Waals surface area (Å²) in [5, 5.41) is 8.57. The summed E-state index contributed by atoms with van der Waals surface area (Å²) < 4.78 is 0. The van der Waals surface area contributed by atoms with Crippen molar-refractivity contribution in [3.05, 3.63) is 12.3 Å². The smallest absolute Gasteiger partial charge is 0.329 e. The second-order valence-corrected chi connectivity index (χ2v) is 4.29. The number of carboxylic acids is 1. The van der Waals surface area contributed by atoms with Gasteiger partial charge in [0.15, 0.2) is 0 Å². The molecule has 78 valence electrons. The van der Waals surface area contributed by atoms with E-state index >= 15 is 0 Å². The molecule has 0 spiro atoms. The summed E-state index contributed by atoms with van der Waals surface area (Å²) in [5.74, 6) is -0.0210. The minimum absolute atomic E-state index is 0.624. The topological polar surface area (TPSA) is 40.5 Å². The van der Waals surface area contributed by atoms with Crippen molar-refractivity contribution in [2.24, 2.45) is 5.92 Å². The molecule has 2 rings (SSSR count). The number of fused-ring (bicyclic) bond motifs is 1. The Morgan fingerprint density at radius 2 is 2.07 bits per heavy atom. The van der Waals surface area contributed by atoms with Gasteiger partial charge in [-0.2, -0.15) is 0 Å². The quantitative estimate of drug-likeness (QED) is 0.683. The standard InChI is InChI=1S/C11H17NO2/c13-11(14)6-8-12-7-2-4-9-3-1-5-10(9)12/h6,8-10H,1-5,7H2,(H,13,14). The molecule has 1 aliphatic carbocycles. The molecule has 3 nitrogen and oxygen atoms in total. The van der Waals surface area contributed by atoms with E-state index in [2.05, 4.69) is 4.90 Å². The number of carbonyl (C=O) groups is 1. The highest BCUT2D eigenvalue weighted by Gasteiger charge is 2.33. The summed E-state index contributed by atoms with van der Waals surface area (Å²) in [5.41, 5.74) is 0. The number of likely N-dealkylation sites (tertiary alicyclic amines) is 1. The zero-order chi connectivity index (χ0) is 9.97. The summed E-state index contributed by atoms with van der Waals surface area (Å²) in [6.45, 7) is 1.03. The van der Waals surface area contributed by atoms with Gasteiger partial charge in [-0.05, 0) is 31.6 Å². The van der Waals surface area contributed by atoms with Gasteiger partial charge < -0.3 is 10.0 Å². The Morgan fingerprint density at radius 3 is 2.86 bits per heavy atom. The van der Waals surface area contributed by atoms with Crippen LogP contribution in [0.2, 0.25) is 0 Å². The molecule has 0 bridgehead atoms. The number of nitrogens with zero attached hydrogens (tertiary/aromatic N) is 1. The minimum atomic E-state index is -0.842. The highest BCUT2D eigenvalue weighted by atomic mass is 16.4. The molecular weight excluding hydrogens is 178 g/mol. The summed E-state index contributed by atoms with van der Waals surface area (Å²) in [6.07, 6.45) is 9.47. The van der Waals surface area contributed by atoms with Gasteiger partial charge in [0.25, 0.3) is 0 Å². The number of rotatable bonds is 2. The van der Waals surface area contributed by atoms with E-state index in [1.165, 1.54) is 38.2 Å². The van der Waals surface area contributed by atoms with Crippen LogP contribution < -0.4 is 0 Å². The van der Waals surface area contributed by atoms with Crippen molar-refractivity contribution in [3.63, 3.8) is 0 Å². The van der Waals surface area contributed by atoms with E-state index in [0.717, 1.165) is 12.5 Å². The summed E-state index contributed by atoms with van der Waals surface area (Å²) >= 11 is 0. The van der Waals surface area contributed by atoms with Crippen LogP contribution in [-0.4, -0.2) is 28.6 Å². The van der Waals surface area contributed by atoms with Gasteiger partial charge in [0.2, 0.25) is 0 Å². The van der Waals surface area contributed by atoms with Crippen LogP contribution in [-0.2, 0) is 4.79 Å². The fourth-order valence-corrected chi connectivity index (χ4v) is 2.84. The third-order valence-electron chi connectivity index (χ3n) is 3.44. The van der Waals surface area contributed by atoms with Gasteiger partial charge >= 0.3 is 5.97 Å². The zero-order valence-electron chi connectivity index (χ0n) is 8.35. The summed E-state index contributed by atoms with van der Waals surface area (Å²) in [4.78, 5) is 12.7. The van der Waals surface area contributed by atoms with E-state index < -0.39 is 5.97 Å². The van der Waals surface area contributed by atoms with Gasteiger partial charge in [0.05, 0.1) is 0 Å². The second-order valence-electron chi connectivity index (χ2n) is 4.29. The van der Waals surface area contributed by atoms with Crippen LogP contribution in [0.4, 0.5) is 0 Å². The third kappa shape index (κ3) is 1.91.